The summed E-state index contributed by atoms with van der Waals surface area (Å²) < 4.78 is 5.51. The maximum Gasteiger partial charge on any atom is 0.228 e. The van der Waals surface area contributed by atoms with Gasteiger partial charge in [-0.2, -0.15) is 0 Å². The largest absolute Gasteiger partial charge is 0.444 e. The van der Waals surface area contributed by atoms with Crippen LogP contribution < -0.4 is 5.32 Å². The molecule has 1 fully saturated rings. The fraction of sp³-hybridized carbons (Fsp3) is 0.474. The third-order valence-electron chi connectivity index (χ3n) is 4.67. The van der Waals surface area contributed by atoms with Crippen LogP contribution in [0.5, 0.6) is 0 Å². The van der Waals surface area contributed by atoms with Gasteiger partial charge in [0.2, 0.25) is 11.8 Å². The Hall–Kier alpha value is -2.14. The lowest BCUT2D eigenvalue weighted by Crippen LogP contribution is -2.39. The van der Waals surface area contributed by atoms with Crippen LogP contribution >= 0.6 is 0 Å². The highest BCUT2D eigenvalue weighted by molar-refractivity contribution is 5.78. The molecular weight excluding hydrogens is 302 g/mol. The Labute approximate surface area is 143 Å². The predicted octanol–water partition coefficient (Wildman–Crippen LogP) is 2.73. The highest BCUT2D eigenvalue weighted by Crippen LogP contribution is 2.22. The van der Waals surface area contributed by atoms with Crippen molar-refractivity contribution in [2.24, 2.45) is 5.92 Å². The molecule has 2 aromatic rings. The van der Waals surface area contributed by atoms with Crippen LogP contribution in [0.3, 0.4) is 0 Å². The van der Waals surface area contributed by atoms with Crippen LogP contribution in [-0.2, 0) is 11.2 Å². The van der Waals surface area contributed by atoms with Crippen molar-refractivity contribution in [1.82, 2.24) is 15.2 Å². The summed E-state index contributed by atoms with van der Waals surface area (Å²) in [4.78, 5) is 18.9. The minimum Gasteiger partial charge on any atom is -0.444 e. The number of nitrogens with one attached hydrogen (secondary N) is 1. The van der Waals surface area contributed by atoms with Gasteiger partial charge in [-0.05, 0) is 50.9 Å². The number of carbonyl (C=O) groups excluding carboxylic acids is 1. The van der Waals surface area contributed by atoms with Gasteiger partial charge in [0.1, 0.15) is 6.26 Å². The van der Waals surface area contributed by atoms with Gasteiger partial charge in [0, 0.05) is 18.7 Å². The van der Waals surface area contributed by atoms with Crippen LogP contribution in [0.25, 0.3) is 11.5 Å². The van der Waals surface area contributed by atoms with Crippen LogP contribution in [0, 0.1) is 5.92 Å². The molecule has 0 radical (unpaired) electrons. The molecule has 0 spiro atoms. The lowest BCUT2D eigenvalue weighted by molar-refractivity contribution is -0.131. The molecule has 0 aliphatic carbocycles. The number of hydrogen-bond acceptors (Lipinski definition) is 4. The normalized spacial score (nSPS) is 15.6. The highest BCUT2D eigenvalue weighted by Gasteiger charge is 2.23. The molecule has 0 atom stereocenters. The molecule has 128 valence electrons. The molecule has 5 nitrogen and oxygen atoms in total. The number of benzene rings is 1. The summed E-state index contributed by atoms with van der Waals surface area (Å²) in [7, 11) is 1.99. The molecule has 0 unspecified atom stereocenters. The number of likely N-dealkylation sites (tertiary alicyclic amines) is 1. The van der Waals surface area contributed by atoms with Gasteiger partial charge in [0.25, 0.3) is 0 Å². The summed E-state index contributed by atoms with van der Waals surface area (Å²) in [5.74, 6) is 1.46. The topological polar surface area (TPSA) is 58.4 Å². The average Bonchev–Trinajstić information content (AvgIpc) is 3.09. The summed E-state index contributed by atoms with van der Waals surface area (Å²) in [6.45, 7) is 2.77. The Bertz CT molecular complexity index is 646. The molecule has 1 aliphatic rings. The fourth-order valence-corrected chi connectivity index (χ4v) is 3.19. The van der Waals surface area contributed by atoms with Crippen molar-refractivity contribution in [1.29, 1.82) is 0 Å². The predicted molar refractivity (Wildman–Crippen MR) is 93.5 cm³/mol. The molecule has 1 amide bonds. The zero-order valence-electron chi connectivity index (χ0n) is 14.2. The molecule has 0 bridgehead atoms. The number of amides is 1. The van der Waals surface area contributed by atoms with Crippen molar-refractivity contribution < 1.29 is 9.21 Å². The molecule has 3 rings (SSSR count). The second-order valence-electron chi connectivity index (χ2n) is 6.40. The van der Waals surface area contributed by atoms with Crippen molar-refractivity contribution in [3.05, 3.63) is 42.3 Å². The molecule has 1 saturated heterocycles. The zero-order chi connectivity index (χ0) is 16.8. The van der Waals surface area contributed by atoms with Crippen molar-refractivity contribution in [3.8, 4) is 11.5 Å². The maximum absolute atomic E-state index is 12.5. The Morgan fingerprint density at radius 1 is 1.29 bits per heavy atom. The summed E-state index contributed by atoms with van der Waals surface area (Å²) in [5.41, 5.74) is 1.64. The van der Waals surface area contributed by atoms with Gasteiger partial charge in [0.05, 0.1) is 12.1 Å². The average molecular weight is 327 g/mol. The van der Waals surface area contributed by atoms with Gasteiger partial charge in [-0.25, -0.2) is 4.98 Å². The molecule has 2 heterocycles. The van der Waals surface area contributed by atoms with Gasteiger partial charge >= 0.3 is 0 Å². The Morgan fingerprint density at radius 3 is 2.75 bits per heavy atom. The van der Waals surface area contributed by atoms with Gasteiger partial charge < -0.3 is 14.6 Å². The quantitative estimate of drug-likeness (QED) is 0.886. The number of aromatic nitrogens is 1. The fourth-order valence-electron chi connectivity index (χ4n) is 3.19. The Morgan fingerprint density at radius 2 is 2.04 bits per heavy atom. The first-order valence-corrected chi connectivity index (χ1v) is 8.68. The van der Waals surface area contributed by atoms with Gasteiger partial charge in [-0.3, -0.25) is 4.79 Å². The first kappa shape index (κ1) is 16.7. The summed E-state index contributed by atoms with van der Waals surface area (Å²) in [6.07, 6.45) is 5.31. The zero-order valence-corrected chi connectivity index (χ0v) is 14.2. The van der Waals surface area contributed by atoms with E-state index in [1.165, 1.54) is 6.42 Å². The monoisotopic (exact) mass is 327 g/mol. The standard InChI is InChI=1S/C19H25N3O2/c1-20-10-7-15-8-11-22(12-9-15)18(23)13-17-14-24-19(21-17)16-5-3-2-4-6-16/h2-6,14-15,20H,7-13H2,1H3. The first-order chi connectivity index (χ1) is 11.8. The van der Waals surface area contributed by atoms with Crippen molar-refractivity contribution >= 4 is 5.91 Å². The Balaban J connectivity index is 1.52. The third kappa shape index (κ3) is 4.23. The van der Waals surface area contributed by atoms with E-state index in [0.29, 0.717) is 18.0 Å². The van der Waals surface area contributed by atoms with Crippen molar-refractivity contribution in [2.45, 2.75) is 25.7 Å². The van der Waals surface area contributed by atoms with E-state index in [-0.39, 0.29) is 5.91 Å². The van der Waals surface area contributed by atoms with E-state index in [1.807, 2.05) is 42.3 Å². The third-order valence-corrected chi connectivity index (χ3v) is 4.67. The number of carbonyl (C=O) groups is 1. The SMILES string of the molecule is CNCCC1CCN(C(=O)Cc2coc(-c3ccccc3)n2)CC1. The van der Waals surface area contributed by atoms with E-state index in [1.54, 1.807) is 6.26 Å². The van der Waals surface area contributed by atoms with E-state index in [2.05, 4.69) is 10.3 Å². The van der Waals surface area contributed by atoms with E-state index in [9.17, 15) is 4.79 Å². The second-order valence-corrected chi connectivity index (χ2v) is 6.40. The van der Waals surface area contributed by atoms with Crippen molar-refractivity contribution in [3.63, 3.8) is 0 Å². The lowest BCUT2D eigenvalue weighted by Gasteiger charge is -2.32. The molecular formula is C19H25N3O2. The van der Waals surface area contributed by atoms with Gasteiger partial charge in [0.15, 0.2) is 0 Å². The smallest absolute Gasteiger partial charge is 0.228 e. The molecule has 1 aromatic carbocycles. The number of piperidine rings is 1. The minimum atomic E-state index is 0.148. The van der Waals surface area contributed by atoms with Crippen LogP contribution in [0.2, 0.25) is 0 Å². The molecule has 1 N–H and O–H groups in total. The molecule has 0 saturated carbocycles. The van der Waals surface area contributed by atoms with Crippen LogP contribution in [-0.4, -0.2) is 42.5 Å². The number of nitrogens with zero attached hydrogens (tertiary/aromatic N) is 2. The van der Waals surface area contributed by atoms with E-state index >= 15 is 0 Å². The van der Waals surface area contributed by atoms with E-state index in [4.69, 9.17) is 4.42 Å². The molecule has 5 heteroatoms. The summed E-state index contributed by atoms with van der Waals surface area (Å²) in [5, 5.41) is 3.20. The van der Waals surface area contributed by atoms with Crippen molar-refractivity contribution in [2.75, 3.05) is 26.7 Å². The minimum absolute atomic E-state index is 0.148. The van der Waals surface area contributed by atoms with Crippen LogP contribution in [0.4, 0.5) is 0 Å². The van der Waals surface area contributed by atoms with Crippen LogP contribution in [0.1, 0.15) is 25.0 Å². The number of hydrogen-bond donors (Lipinski definition) is 1. The maximum atomic E-state index is 12.5. The van der Waals surface area contributed by atoms with Gasteiger partial charge in [-0.1, -0.05) is 18.2 Å². The summed E-state index contributed by atoms with van der Waals surface area (Å²) in [6, 6.07) is 9.75. The highest BCUT2D eigenvalue weighted by atomic mass is 16.3. The second kappa shape index (κ2) is 8.11. The number of rotatable bonds is 6. The molecule has 1 aliphatic heterocycles. The summed E-state index contributed by atoms with van der Waals surface area (Å²) >= 11 is 0. The number of oxazole rings is 1. The van der Waals surface area contributed by atoms with Gasteiger partial charge in [-0.15, -0.1) is 0 Å². The molecule has 1 aromatic heterocycles. The van der Waals surface area contributed by atoms with E-state index in [0.717, 1.165) is 44.0 Å². The lowest BCUT2D eigenvalue weighted by atomic mass is 9.93. The first-order valence-electron chi connectivity index (χ1n) is 8.68. The van der Waals surface area contributed by atoms with Crippen LogP contribution in [0.15, 0.2) is 41.0 Å². The Kier molecular flexibility index (Phi) is 5.64. The van der Waals surface area contributed by atoms with E-state index < -0.39 is 0 Å². The molecule has 24 heavy (non-hydrogen) atoms.